The zero-order chi connectivity index (χ0) is 20.9. The Bertz CT molecular complexity index is 1130. The van der Waals surface area contributed by atoms with Gasteiger partial charge in [0, 0.05) is 42.5 Å². The third kappa shape index (κ3) is 4.60. The quantitative estimate of drug-likeness (QED) is 0.595. The molecule has 0 radical (unpaired) electrons. The summed E-state index contributed by atoms with van der Waals surface area (Å²) in [5.41, 5.74) is 3.06. The van der Waals surface area contributed by atoms with Gasteiger partial charge in [0.05, 0.1) is 12.9 Å². The van der Waals surface area contributed by atoms with Crippen LogP contribution in [-0.4, -0.2) is 28.5 Å². The number of carbonyl (C=O) groups excluding carboxylic acids is 1. The van der Waals surface area contributed by atoms with Gasteiger partial charge < -0.3 is 19.9 Å². The van der Waals surface area contributed by atoms with Crippen molar-refractivity contribution in [2.45, 2.75) is 26.8 Å². The summed E-state index contributed by atoms with van der Waals surface area (Å²) in [4.78, 5) is 16.7. The lowest BCUT2D eigenvalue weighted by Crippen LogP contribution is -2.30. The predicted molar refractivity (Wildman–Crippen MR) is 120 cm³/mol. The minimum absolute atomic E-state index is 0.0729. The van der Waals surface area contributed by atoms with Gasteiger partial charge in [-0.1, -0.05) is 24.3 Å². The minimum atomic E-state index is -0.0729. The number of anilines is 1. The lowest BCUT2D eigenvalue weighted by atomic mass is 10.1. The molecule has 6 nitrogen and oxygen atoms in total. The standard InChI is InChI=1S/C24H26N4O2/c1-3-18-11-17(2)30-21-8-7-19-5-4-6-23(22(19)13-21)27-24(29)15-25-9-10-28-16-26-14-20(28)12-18/h3-8,11,13-14,16,25H,9-10,12,15H2,1-2H3,(H,27,29)/b17-11+,18-3+. The maximum Gasteiger partial charge on any atom is 0.238 e. The normalized spacial score (nSPS) is 18.9. The van der Waals surface area contributed by atoms with Crippen molar-refractivity contribution in [3.05, 3.63) is 78.1 Å². The van der Waals surface area contributed by atoms with Crippen LogP contribution in [0.15, 0.2) is 72.4 Å². The molecule has 0 spiro atoms. The summed E-state index contributed by atoms with van der Waals surface area (Å²) in [7, 11) is 0. The van der Waals surface area contributed by atoms with Crippen LogP contribution in [0.1, 0.15) is 19.5 Å². The number of rotatable bonds is 0. The highest BCUT2D eigenvalue weighted by molar-refractivity contribution is 6.03. The number of amides is 1. The van der Waals surface area contributed by atoms with Gasteiger partial charge in [0.25, 0.3) is 0 Å². The van der Waals surface area contributed by atoms with Crippen LogP contribution in [-0.2, 0) is 17.8 Å². The van der Waals surface area contributed by atoms with Crippen LogP contribution in [0, 0.1) is 0 Å². The van der Waals surface area contributed by atoms with Gasteiger partial charge in [-0.05, 0) is 49.1 Å². The van der Waals surface area contributed by atoms with Crippen molar-refractivity contribution >= 4 is 22.4 Å². The Labute approximate surface area is 176 Å². The second-order valence-corrected chi connectivity index (χ2v) is 7.39. The zero-order valence-corrected chi connectivity index (χ0v) is 17.3. The number of hydrogen-bond donors (Lipinski definition) is 2. The van der Waals surface area contributed by atoms with E-state index in [0.717, 1.165) is 52.2 Å². The van der Waals surface area contributed by atoms with E-state index < -0.39 is 0 Å². The molecule has 4 rings (SSSR count). The maximum atomic E-state index is 12.5. The highest BCUT2D eigenvalue weighted by atomic mass is 16.5. The van der Waals surface area contributed by atoms with Gasteiger partial charge in [0.1, 0.15) is 11.5 Å². The lowest BCUT2D eigenvalue weighted by Gasteiger charge is -2.12. The number of benzene rings is 2. The van der Waals surface area contributed by atoms with Crippen LogP contribution in [0.25, 0.3) is 10.8 Å². The molecule has 0 fully saturated rings. The molecular formula is C24H26N4O2. The predicted octanol–water partition coefficient (Wildman–Crippen LogP) is 4.05. The van der Waals surface area contributed by atoms with Crippen LogP contribution >= 0.6 is 0 Å². The fraction of sp³-hybridized carbons (Fsp3) is 0.250. The Hall–Kier alpha value is -3.38. The summed E-state index contributed by atoms with van der Waals surface area (Å²) in [5, 5.41) is 8.23. The number of fused-ring (bicyclic) bond motifs is 2. The summed E-state index contributed by atoms with van der Waals surface area (Å²) in [6, 6.07) is 11.8. The molecule has 0 aliphatic carbocycles. The third-order valence-corrected chi connectivity index (χ3v) is 5.16. The number of aromatic nitrogens is 2. The molecule has 1 aromatic heterocycles. The molecule has 3 aromatic rings. The number of carbonyl (C=O) groups is 1. The molecule has 1 amide bonds. The van der Waals surface area contributed by atoms with E-state index in [4.69, 9.17) is 4.74 Å². The van der Waals surface area contributed by atoms with Gasteiger partial charge in [-0.15, -0.1) is 0 Å². The molecule has 0 unspecified atom stereocenters. The van der Waals surface area contributed by atoms with E-state index in [-0.39, 0.29) is 12.5 Å². The van der Waals surface area contributed by atoms with Crippen molar-refractivity contribution in [3.8, 4) is 5.75 Å². The maximum absolute atomic E-state index is 12.5. The van der Waals surface area contributed by atoms with Gasteiger partial charge in [-0.3, -0.25) is 4.79 Å². The van der Waals surface area contributed by atoms with E-state index in [0.29, 0.717) is 6.54 Å². The summed E-state index contributed by atoms with van der Waals surface area (Å²) in [6.45, 7) is 5.66. The van der Waals surface area contributed by atoms with Gasteiger partial charge in [-0.25, -0.2) is 4.98 Å². The van der Waals surface area contributed by atoms with E-state index in [9.17, 15) is 4.79 Å². The monoisotopic (exact) mass is 402 g/mol. The molecule has 154 valence electrons. The lowest BCUT2D eigenvalue weighted by molar-refractivity contribution is -0.115. The van der Waals surface area contributed by atoms with Crippen molar-refractivity contribution in [1.29, 1.82) is 0 Å². The second-order valence-electron chi connectivity index (χ2n) is 7.39. The number of hydrogen-bond acceptors (Lipinski definition) is 4. The van der Waals surface area contributed by atoms with Crippen LogP contribution in [0.2, 0.25) is 0 Å². The number of nitrogens with zero attached hydrogens (tertiary/aromatic N) is 2. The van der Waals surface area contributed by atoms with Crippen LogP contribution in [0.4, 0.5) is 5.69 Å². The zero-order valence-electron chi connectivity index (χ0n) is 17.3. The highest BCUT2D eigenvalue weighted by Gasteiger charge is 2.10. The third-order valence-electron chi connectivity index (χ3n) is 5.16. The van der Waals surface area contributed by atoms with E-state index in [1.54, 1.807) is 0 Å². The van der Waals surface area contributed by atoms with Crippen LogP contribution < -0.4 is 15.4 Å². The van der Waals surface area contributed by atoms with Crippen molar-refractivity contribution in [3.63, 3.8) is 0 Å². The Morgan fingerprint density at radius 1 is 1.23 bits per heavy atom. The summed E-state index contributed by atoms with van der Waals surface area (Å²) in [5.74, 6) is 1.47. The van der Waals surface area contributed by atoms with Crippen molar-refractivity contribution in [2.24, 2.45) is 0 Å². The molecular weight excluding hydrogens is 376 g/mol. The summed E-state index contributed by atoms with van der Waals surface area (Å²) >= 11 is 0. The fourth-order valence-corrected chi connectivity index (χ4v) is 3.64. The molecule has 6 heteroatoms. The first-order chi connectivity index (χ1) is 14.6. The van der Waals surface area contributed by atoms with Crippen molar-refractivity contribution in [2.75, 3.05) is 18.4 Å². The highest BCUT2D eigenvalue weighted by Crippen LogP contribution is 2.28. The summed E-state index contributed by atoms with van der Waals surface area (Å²) < 4.78 is 8.21. The molecule has 1 aliphatic rings. The van der Waals surface area contributed by atoms with Gasteiger partial charge in [0.15, 0.2) is 0 Å². The molecule has 0 atom stereocenters. The van der Waals surface area contributed by atoms with E-state index in [1.807, 2.05) is 62.8 Å². The summed E-state index contributed by atoms with van der Waals surface area (Å²) in [6.07, 6.45) is 8.64. The van der Waals surface area contributed by atoms with Crippen molar-refractivity contribution < 1.29 is 9.53 Å². The number of nitrogens with one attached hydrogen (secondary N) is 2. The molecule has 0 saturated heterocycles. The smallest absolute Gasteiger partial charge is 0.238 e. The van der Waals surface area contributed by atoms with Crippen molar-refractivity contribution in [1.82, 2.24) is 14.9 Å². The van der Waals surface area contributed by atoms with E-state index in [2.05, 4.69) is 32.3 Å². The average Bonchev–Trinajstić information content (AvgIpc) is 3.17. The molecule has 2 bridgehead atoms. The molecule has 0 saturated carbocycles. The first-order valence-electron chi connectivity index (χ1n) is 10.2. The van der Waals surface area contributed by atoms with E-state index in [1.165, 1.54) is 0 Å². The molecule has 1 aliphatic heterocycles. The first-order valence-corrected chi connectivity index (χ1v) is 10.2. The Morgan fingerprint density at radius 3 is 3.00 bits per heavy atom. The molecule has 2 heterocycles. The topological polar surface area (TPSA) is 68.2 Å². The average molecular weight is 402 g/mol. The van der Waals surface area contributed by atoms with Gasteiger partial charge >= 0.3 is 0 Å². The SMILES string of the molecule is C/C=C1\C=C(/C)Oc2ccc3cccc(c3c2)NC(=O)CNCCn2cncc2C1. The number of allylic oxidation sites excluding steroid dienone is 4. The van der Waals surface area contributed by atoms with E-state index >= 15 is 0 Å². The Morgan fingerprint density at radius 2 is 2.13 bits per heavy atom. The van der Waals surface area contributed by atoms with Gasteiger partial charge in [-0.2, -0.15) is 0 Å². The molecule has 30 heavy (non-hydrogen) atoms. The minimum Gasteiger partial charge on any atom is -0.462 e. The Kier molecular flexibility index (Phi) is 5.95. The van der Waals surface area contributed by atoms with Crippen LogP contribution in [0.3, 0.4) is 0 Å². The largest absolute Gasteiger partial charge is 0.462 e. The fourth-order valence-electron chi connectivity index (χ4n) is 3.64. The second kappa shape index (κ2) is 8.97. The van der Waals surface area contributed by atoms with Gasteiger partial charge in [0.2, 0.25) is 5.91 Å². The number of imidazole rings is 1. The first kappa shape index (κ1) is 19.9. The molecule has 2 aromatic carbocycles. The molecule has 2 N–H and O–H groups in total. The number of ether oxygens (including phenoxy) is 1. The Balaban J connectivity index is 1.70. The van der Waals surface area contributed by atoms with Crippen LogP contribution in [0.5, 0.6) is 5.75 Å².